The minimum atomic E-state index is -0.337. The van der Waals surface area contributed by atoms with E-state index in [1.54, 1.807) is 0 Å². The Balaban J connectivity index is 1.81. The first-order valence-electron chi connectivity index (χ1n) is 6.57. The number of nitrogens with zero attached hydrogens (tertiary/aromatic N) is 2. The first-order valence-corrected chi connectivity index (χ1v) is 6.57. The number of hydrogen-bond donors (Lipinski definition) is 1. The van der Waals surface area contributed by atoms with E-state index in [-0.39, 0.29) is 5.54 Å². The van der Waals surface area contributed by atoms with Crippen molar-refractivity contribution in [2.24, 2.45) is 5.92 Å². The number of hydrogen-bond acceptors (Lipinski definition) is 3. The van der Waals surface area contributed by atoms with Gasteiger partial charge in [-0.25, -0.2) is 0 Å². The molecule has 3 unspecified atom stereocenters. The molecule has 0 aromatic heterocycles. The summed E-state index contributed by atoms with van der Waals surface area (Å²) in [6.45, 7) is 7.31. The summed E-state index contributed by atoms with van der Waals surface area (Å²) in [6, 6.07) is 3.24. The SMILES string of the molecule is CCNC(C)(C#N)CCN1CC2CCC1C2. The quantitative estimate of drug-likeness (QED) is 0.769. The lowest BCUT2D eigenvalue weighted by molar-refractivity contribution is 0.196. The van der Waals surface area contributed by atoms with Crippen LogP contribution in [-0.4, -0.2) is 36.1 Å². The van der Waals surface area contributed by atoms with Gasteiger partial charge in [-0.1, -0.05) is 6.92 Å². The topological polar surface area (TPSA) is 39.1 Å². The first-order chi connectivity index (χ1) is 7.67. The summed E-state index contributed by atoms with van der Waals surface area (Å²) in [4.78, 5) is 2.60. The summed E-state index contributed by atoms with van der Waals surface area (Å²) < 4.78 is 0. The van der Waals surface area contributed by atoms with Crippen molar-refractivity contribution in [3.05, 3.63) is 0 Å². The molecule has 0 amide bonds. The Labute approximate surface area is 98.8 Å². The second-order valence-corrected chi connectivity index (χ2v) is 5.55. The Morgan fingerprint density at radius 3 is 2.81 bits per heavy atom. The summed E-state index contributed by atoms with van der Waals surface area (Å²) in [7, 11) is 0. The minimum Gasteiger partial charge on any atom is -0.300 e. The van der Waals surface area contributed by atoms with Gasteiger partial charge >= 0.3 is 0 Å². The number of likely N-dealkylation sites (tertiary alicyclic amines) is 1. The van der Waals surface area contributed by atoms with Crippen LogP contribution in [0.3, 0.4) is 0 Å². The van der Waals surface area contributed by atoms with Gasteiger partial charge in [0, 0.05) is 19.1 Å². The number of nitriles is 1. The highest BCUT2D eigenvalue weighted by Crippen LogP contribution is 2.37. The zero-order chi connectivity index (χ0) is 11.6. The number of fused-ring (bicyclic) bond motifs is 2. The van der Waals surface area contributed by atoms with Crippen molar-refractivity contribution in [2.45, 2.75) is 51.1 Å². The average molecular weight is 221 g/mol. The highest BCUT2D eigenvalue weighted by atomic mass is 15.2. The Kier molecular flexibility index (Phi) is 3.51. The molecule has 2 aliphatic rings. The Bertz CT molecular complexity index is 283. The summed E-state index contributed by atoms with van der Waals surface area (Å²) >= 11 is 0. The molecule has 1 N–H and O–H groups in total. The molecule has 0 aromatic rings. The van der Waals surface area contributed by atoms with Crippen molar-refractivity contribution in [2.75, 3.05) is 19.6 Å². The molecule has 1 saturated heterocycles. The molecule has 0 spiro atoms. The monoisotopic (exact) mass is 221 g/mol. The zero-order valence-electron chi connectivity index (χ0n) is 10.5. The van der Waals surface area contributed by atoms with E-state index in [1.807, 2.05) is 6.92 Å². The van der Waals surface area contributed by atoms with Crippen LogP contribution in [-0.2, 0) is 0 Å². The Hall–Kier alpha value is -0.590. The summed E-state index contributed by atoms with van der Waals surface area (Å²) in [6.07, 6.45) is 5.17. The van der Waals surface area contributed by atoms with Crippen molar-refractivity contribution < 1.29 is 0 Å². The van der Waals surface area contributed by atoms with Crippen LogP contribution in [0.1, 0.15) is 39.5 Å². The van der Waals surface area contributed by atoms with Gasteiger partial charge in [0.2, 0.25) is 0 Å². The molecule has 2 rings (SSSR count). The lowest BCUT2D eigenvalue weighted by atomic mass is 9.99. The van der Waals surface area contributed by atoms with Crippen molar-refractivity contribution in [3.63, 3.8) is 0 Å². The maximum Gasteiger partial charge on any atom is 0.105 e. The fraction of sp³-hybridized carbons (Fsp3) is 0.923. The van der Waals surface area contributed by atoms with E-state index in [2.05, 4.69) is 23.2 Å². The van der Waals surface area contributed by atoms with Gasteiger partial charge in [-0.3, -0.25) is 10.2 Å². The van der Waals surface area contributed by atoms with Crippen molar-refractivity contribution >= 4 is 0 Å². The molecular weight excluding hydrogens is 198 g/mol. The predicted octanol–water partition coefficient (Wildman–Crippen LogP) is 1.75. The number of piperidine rings is 1. The highest BCUT2D eigenvalue weighted by molar-refractivity contribution is 5.04. The van der Waals surface area contributed by atoms with Gasteiger partial charge in [0.25, 0.3) is 0 Å². The van der Waals surface area contributed by atoms with E-state index in [4.69, 9.17) is 0 Å². The number of rotatable bonds is 5. The van der Waals surface area contributed by atoms with Crippen molar-refractivity contribution in [3.8, 4) is 6.07 Å². The second-order valence-electron chi connectivity index (χ2n) is 5.55. The van der Waals surface area contributed by atoms with E-state index < -0.39 is 0 Å². The van der Waals surface area contributed by atoms with Crippen LogP contribution < -0.4 is 5.32 Å². The third-order valence-electron chi connectivity index (χ3n) is 4.24. The second kappa shape index (κ2) is 4.73. The van der Waals surface area contributed by atoms with E-state index in [0.717, 1.165) is 31.5 Å². The van der Waals surface area contributed by atoms with E-state index in [0.29, 0.717) is 0 Å². The largest absolute Gasteiger partial charge is 0.300 e. The fourth-order valence-corrected chi connectivity index (χ4v) is 3.24. The third kappa shape index (κ3) is 2.39. The maximum absolute atomic E-state index is 9.19. The number of nitrogens with one attached hydrogen (secondary N) is 1. The van der Waals surface area contributed by atoms with Crippen LogP contribution in [0, 0.1) is 17.2 Å². The highest BCUT2D eigenvalue weighted by Gasteiger charge is 2.38. The third-order valence-corrected chi connectivity index (χ3v) is 4.24. The lowest BCUT2D eigenvalue weighted by Crippen LogP contribution is -2.45. The molecule has 1 aliphatic heterocycles. The van der Waals surface area contributed by atoms with Gasteiger partial charge in [0.05, 0.1) is 6.07 Å². The normalized spacial score (nSPS) is 32.6. The molecule has 2 fully saturated rings. The zero-order valence-corrected chi connectivity index (χ0v) is 10.5. The fourth-order valence-electron chi connectivity index (χ4n) is 3.24. The lowest BCUT2D eigenvalue weighted by Gasteiger charge is -2.30. The molecule has 1 saturated carbocycles. The standard InChI is InChI=1S/C13H23N3/c1-3-15-13(2,10-14)6-7-16-9-11-4-5-12(16)8-11/h11-12,15H,3-9H2,1-2H3. The van der Waals surface area contributed by atoms with Crippen molar-refractivity contribution in [1.29, 1.82) is 5.26 Å². The van der Waals surface area contributed by atoms with Gasteiger partial charge in [0.1, 0.15) is 5.54 Å². The van der Waals surface area contributed by atoms with Crippen LogP contribution in [0.25, 0.3) is 0 Å². The summed E-state index contributed by atoms with van der Waals surface area (Å²) in [5.41, 5.74) is -0.337. The Morgan fingerprint density at radius 2 is 2.31 bits per heavy atom. The minimum absolute atomic E-state index is 0.337. The maximum atomic E-state index is 9.19. The van der Waals surface area contributed by atoms with Crippen LogP contribution in [0.4, 0.5) is 0 Å². The molecule has 1 aliphatic carbocycles. The smallest absolute Gasteiger partial charge is 0.105 e. The molecule has 0 radical (unpaired) electrons. The molecule has 2 bridgehead atoms. The molecule has 90 valence electrons. The van der Waals surface area contributed by atoms with Gasteiger partial charge in [-0.2, -0.15) is 5.26 Å². The molecule has 3 nitrogen and oxygen atoms in total. The van der Waals surface area contributed by atoms with Crippen LogP contribution in [0.2, 0.25) is 0 Å². The first kappa shape index (κ1) is 11.9. The van der Waals surface area contributed by atoms with Gasteiger partial charge in [0.15, 0.2) is 0 Å². The molecule has 16 heavy (non-hydrogen) atoms. The van der Waals surface area contributed by atoms with Crippen LogP contribution in [0.15, 0.2) is 0 Å². The molecule has 0 aromatic carbocycles. The van der Waals surface area contributed by atoms with E-state index >= 15 is 0 Å². The van der Waals surface area contributed by atoms with Crippen LogP contribution in [0.5, 0.6) is 0 Å². The van der Waals surface area contributed by atoms with Gasteiger partial charge in [-0.05, 0) is 45.1 Å². The molecule has 3 heteroatoms. The molecular formula is C13H23N3. The average Bonchev–Trinajstić information content (AvgIpc) is 2.88. The van der Waals surface area contributed by atoms with Crippen LogP contribution >= 0.6 is 0 Å². The van der Waals surface area contributed by atoms with Crippen molar-refractivity contribution in [1.82, 2.24) is 10.2 Å². The predicted molar refractivity (Wildman–Crippen MR) is 65.0 cm³/mol. The van der Waals surface area contributed by atoms with E-state index in [9.17, 15) is 5.26 Å². The van der Waals surface area contributed by atoms with Gasteiger partial charge < -0.3 is 0 Å². The van der Waals surface area contributed by atoms with E-state index in [1.165, 1.54) is 25.8 Å². The Morgan fingerprint density at radius 1 is 1.50 bits per heavy atom. The molecule has 1 heterocycles. The summed E-state index contributed by atoms with van der Waals surface area (Å²) in [5, 5.41) is 12.5. The van der Waals surface area contributed by atoms with Gasteiger partial charge in [-0.15, -0.1) is 0 Å². The summed E-state index contributed by atoms with van der Waals surface area (Å²) in [5.74, 6) is 0.956. The molecule has 3 atom stereocenters.